The lowest BCUT2D eigenvalue weighted by Gasteiger charge is -2.10. The van der Waals surface area contributed by atoms with E-state index in [4.69, 9.17) is 11.6 Å². The molecule has 0 heterocycles. The predicted molar refractivity (Wildman–Crippen MR) is 83.6 cm³/mol. The SMILES string of the molecule is CS(=O)(=O)Nc1cccc(NCc2ccc(Cl)cc2F)c1. The van der Waals surface area contributed by atoms with Crippen LogP contribution in [-0.4, -0.2) is 14.7 Å². The van der Waals surface area contributed by atoms with E-state index in [9.17, 15) is 12.8 Å². The van der Waals surface area contributed by atoms with Gasteiger partial charge in [0, 0.05) is 22.8 Å². The third kappa shape index (κ3) is 4.91. The highest BCUT2D eigenvalue weighted by Crippen LogP contribution is 2.19. The van der Waals surface area contributed by atoms with Crippen molar-refractivity contribution in [1.29, 1.82) is 0 Å². The monoisotopic (exact) mass is 328 g/mol. The molecule has 0 bridgehead atoms. The van der Waals surface area contributed by atoms with E-state index in [0.717, 1.165) is 6.26 Å². The van der Waals surface area contributed by atoms with E-state index in [1.54, 1.807) is 36.4 Å². The zero-order valence-corrected chi connectivity index (χ0v) is 12.8. The maximum atomic E-state index is 13.6. The first kappa shape index (κ1) is 15.6. The van der Waals surface area contributed by atoms with E-state index in [0.29, 0.717) is 22.0 Å². The zero-order chi connectivity index (χ0) is 15.5. The van der Waals surface area contributed by atoms with E-state index in [1.165, 1.54) is 6.07 Å². The number of anilines is 2. The van der Waals surface area contributed by atoms with Gasteiger partial charge in [0.05, 0.1) is 11.9 Å². The Bertz CT molecular complexity index is 750. The molecule has 0 atom stereocenters. The molecule has 0 fully saturated rings. The van der Waals surface area contributed by atoms with E-state index in [1.807, 2.05) is 0 Å². The van der Waals surface area contributed by atoms with Gasteiger partial charge in [-0.2, -0.15) is 0 Å². The first-order valence-corrected chi connectivity index (χ1v) is 8.36. The minimum Gasteiger partial charge on any atom is -0.381 e. The minimum absolute atomic E-state index is 0.269. The standard InChI is InChI=1S/C14H14ClFN2O2S/c1-21(19,20)18-13-4-2-3-12(8-13)17-9-10-5-6-11(15)7-14(10)16/h2-8,17-18H,9H2,1H3. The highest BCUT2D eigenvalue weighted by molar-refractivity contribution is 7.92. The van der Waals surface area contributed by atoms with Crippen LogP contribution < -0.4 is 10.0 Å². The van der Waals surface area contributed by atoms with Gasteiger partial charge < -0.3 is 5.32 Å². The Morgan fingerprint density at radius 3 is 2.52 bits per heavy atom. The van der Waals surface area contributed by atoms with Gasteiger partial charge in [0.15, 0.2) is 0 Å². The summed E-state index contributed by atoms with van der Waals surface area (Å²) in [6, 6.07) is 11.2. The molecule has 0 spiro atoms. The normalized spacial score (nSPS) is 11.2. The summed E-state index contributed by atoms with van der Waals surface area (Å²) in [6.07, 6.45) is 1.08. The van der Waals surface area contributed by atoms with Crippen LogP contribution in [0.3, 0.4) is 0 Å². The van der Waals surface area contributed by atoms with Gasteiger partial charge in [-0.15, -0.1) is 0 Å². The van der Waals surface area contributed by atoms with E-state index >= 15 is 0 Å². The summed E-state index contributed by atoms with van der Waals surface area (Å²) in [5, 5.41) is 3.37. The Morgan fingerprint density at radius 2 is 1.86 bits per heavy atom. The molecule has 0 aliphatic heterocycles. The third-order valence-corrected chi connectivity index (χ3v) is 3.51. The second kappa shape index (κ2) is 6.32. The minimum atomic E-state index is -3.32. The first-order valence-electron chi connectivity index (χ1n) is 6.09. The lowest BCUT2D eigenvalue weighted by Crippen LogP contribution is -2.09. The molecule has 2 rings (SSSR count). The van der Waals surface area contributed by atoms with Crippen LogP contribution in [0.15, 0.2) is 42.5 Å². The quantitative estimate of drug-likeness (QED) is 0.883. The summed E-state index contributed by atoms with van der Waals surface area (Å²) >= 11 is 5.69. The topological polar surface area (TPSA) is 58.2 Å². The fourth-order valence-electron chi connectivity index (χ4n) is 1.77. The van der Waals surface area contributed by atoms with Crippen LogP contribution in [0.1, 0.15) is 5.56 Å². The van der Waals surface area contributed by atoms with Gasteiger partial charge in [0.25, 0.3) is 0 Å². The predicted octanol–water partition coefficient (Wildman–Crippen LogP) is 3.46. The fourth-order valence-corrected chi connectivity index (χ4v) is 2.48. The van der Waals surface area contributed by atoms with Crippen molar-refractivity contribution < 1.29 is 12.8 Å². The van der Waals surface area contributed by atoms with Crippen LogP contribution in [0.5, 0.6) is 0 Å². The highest BCUT2D eigenvalue weighted by atomic mass is 35.5. The molecular weight excluding hydrogens is 315 g/mol. The van der Waals surface area contributed by atoms with Crippen LogP contribution in [0.25, 0.3) is 0 Å². The van der Waals surface area contributed by atoms with Gasteiger partial charge in [0.2, 0.25) is 10.0 Å². The van der Waals surface area contributed by atoms with Gasteiger partial charge in [-0.1, -0.05) is 23.7 Å². The van der Waals surface area contributed by atoms with Crippen molar-refractivity contribution in [3.8, 4) is 0 Å². The third-order valence-electron chi connectivity index (χ3n) is 2.66. The van der Waals surface area contributed by atoms with Crippen molar-refractivity contribution in [2.75, 3.05) is 16.3 Å². The number of benzene rings is 2. The number of nitrogens with one attached hydrogen (secondary N) is 2. The van der Waals surface area contributed by atoms with Crippen molar-refractivity contribution in [2.45, 2.75) is 6.54 Å². The Labute approximate surface area is 128 Å². The average Bonchev–Trinajstić information content (AvgIpc) is 2.36. The Balaban J connectivity index is 2.08. The second-order valence-corrected chi connectivity index (χ2v) is 6.73. The number of sulfonamides is 1. The molecule has 7 heteroatoms. The van der Waals surface area contributed by atoms with Gasteiger partial charge in [0.1, 0.15) is 5.82 Å². The molecule has 21 heavy (non-hydrogen) atoms. The summed E-state index contributed by atoms with van der Waals surface area (Å²) in [4.78, 5) is 0. The summed E-state index contributed by atoms with van der Waals surface area (Å²) < 4.78 is 38.4. The molecule has 0 saturated heterocycles. The molecule has 112 valence electrons. The van der Waals surface area contributed by atoms with Crippen molar-refractivity contribution >= 4 is 33.0 Å². The summed E-state index contributed by atoms with van der Waals surface area (Å²) in [6.45, 7) is 0.269. The van der Waals surface area contributed by atoms with Crippen molar-refractivity contribution in [2.24, 2.45) is 0 Å². The lowest BCUT2D eigenvalue weighted by molar-refractivity contribution is 0.606. The lowest BCUT2D eigenvalue weighted by atomic mass is 10.2. The molecule has 2 aromatic carbocycles. The molecule has 0 aliphatic rings. The first-order chi connectivity index (χ1) is 9.83. The fraction of sp³-hybridized carbons (Fsp3) is 0.143. The van der Waals surface area contributed by atoms with Gasteiger partial charge >= 0.3 is 0 Å². The number of hydrogen-bond donors (Lipinski definition) is 2. The smallest absolute Gasteiger partial charge is 0.229 e. The van der Waals surface area contributed by atoms with Crippen LogP contribution in [-0.2, 0) is 16.6 Å². The summed E-state index contributed by atoms with van der Waals surface area (Å²) in [7, 11) is -3.32. The number of rotatable bonds is 5. The van der Waals surface area contributed by atoms with Crippen LogP contribution in [0.4, 0.5) is 15.8 Å². The summed E-state index contributed by atoms with van der Waals surface area (Å²) in [5.74, 6) is -0.389. The number of halogens is 2. The molecule has 2 N–H and O–H groups in total. The Morgan fingerprint density at radius 1 is 1.14 bits per heavy atom. The molecule has 0 aliphatic carbocycles. The highest BCUT2D eigenvalue weighted by Gasteiger charge is 2.05. The van der Waals surface area contributed by atoms with Gasteiger partial charge in [-0.05, 0) is 30.3 Å². The van der Waals surface area contributed by atoms with E-state index < -0.39 is 10.0 Å². The Hall–Kier alpha value is -1.79. The van der Waals surface area contributed by atoms with Crippen molar-refractivity contribution in [3.05, 3.63) is 58.9 Å². The summed E-state index contributed by atoms with van der Waals surface area (Å²) in [5.41, 5.74) is 1.60. The van der Waals surface area contributed by atoms with Crippen LogP contribution in [0, 0.1) is 5.82 Å². The molecule has 0 unspecified atom stereocenters. The average molecular weight is 329 g/mol. The van der Waals surface area contributed by atoms with Crippen LogP contribution in [0.2, 0.25) is 5.02 Å². The van der Waals surface area contributed by atoms with Crippen LogP contribution >= 0.6 is 11.6 Å². The second-order valence-electron chi connectivity index (χ2n) is 4.54. The van der Waals surface area contributed by atoms with Gasteiger partial charge in [-0.3, -0.25) is 4.72 Å². The van der Waals surface area contributed by atoms with Gasteiger partial charge in [-0.25, -0.2) is 12.8 Å². The van der Waals surface area contributed by atoms with E-state index in [-0.39, 0.29) is 12.4 Å². The maximum Gasteiger partial charge on any atom is 0.229 e. The number of hydrogen-bond acceptors (Lipinski definition) is 3. The molecule has 2 aromatic rings. The molecular formula is C14H14ClFN2O2S. The molecule has 0 radical (unpaired) electrons. The zero-order valence-electron chi connectivity index (χ0n) is 11.2. The largest absolute Gasteiger partial charge is 0.381 e. The Kier molecular flexibility index (Phi) is 4.69. The molecule has 4 nitrogen and oxygen atoms in total. The van der Waals surface area contributed by atoms with Crippen molar-refractivity contribution in [3.63, 3.8) is 0 Å². The maximum absolute atomic E-state index is 13.6. The van der Waals surface area contributed by atoms with E-state index in [2.05, 4.69) is 10.0 Å². The van der Waals surface area contributed by atoms with Crippen molar-refractivity contribution in [1.82, 2.24) is 0 Å². The molecule has 0 amide bonds. The molecule has 0 saturated carbocycles. The molecule has 0 aromatic heterocycles.